The number of pyridine rings is 1. The van der Waals surface area contributed by atoms with Crippen molar-refractivity contribution in [3.63, 3.8) is 0 Å². The summed E-state index contributed by atoms with van der Waals surface area (Å²) in [5.74, 6) is -2.22. The zero-order valence-corrected chi connectivity index (χ0v) is 28.1. The Balaban J connectivity index is 1.23. The van der Waals surface area contributed by atoms with E-state index in [-0.39, 0.29) is 44.3 Å². The highest BCUT2D eigenvalue weighted by atomic mass is 35.5. The van der Waals surface area contributed by atoms with Crippen LogP contribution in [-0.4, -0.2) is 56.6 Å². The molecule has 4 heterocycles. The molecule has 2 fully saturated rings. The smallest absolute Gasteiger partial charge is 0.330 e. The van der Waals surface area contributed by atoms with Crippen LogP contribution < -0.4 is 26.6 Å². The molecule has 2 aromatic carbocycles. The first-order valence-electron chi connectivity index (χ1n) is 15.5. The second-order valence-corrected chi connectivity index (χ2v) is 13.5. The van der Waals surface area contributed by atoms with Crippen molar-refractivity contribution in [2.75, 3.05) is 25.5 Å². The largest absolute Gasteiger partial charge is 0.481 e. The molecule has 0 bridgehead atoms. The highest BCUT2D eigenvalue weighted by molar-refractivity contribution is 6.39. The van der Waals surface area contributed by atoms with E-state index < -0.39 is 34.4 Å². The van der Waals surface area contributed by atoms with Gasteiger partial charge < -0.3 is 19.9 Å². The maximum Gasteiger partial charge on any atom is 0.330 e. The number of aryl methyl sites for hydroxylation is 2. The lowest BCUT2D eigenvalue weighted by molar-refractivity contribution is -0.121. The normalized spacial score (nSPS) is 17.9. The fourth-order valence-electron chi connectivity index (χ4n) is 7.21. The summed E-state index contributed by atoms with van der Waals surface area (Å²) in [6, 6.07) is 6.66. The van der Waals surface area contributed by atoms with Gasteiger partial charge in [-0.3, -0.25) is 23.9 Å². The minimum absolute atomic E-state index is 0.0562. The van der Waals surface area contributed by atoms with Gasteiger partial charge in [-0.15, -0.1) is 0 Å². The summed E-state index contributed by atoms with van der Waals surface area (Å²) in [6.07, 6.45) is 3.99. The number of rotatable bonds is 6. The highest BCUT2D eigenvalue weighted by Crippen LogP contribution is 2.48. The van der Waals surface area contributed by atoms with Crippen molar-refractivity contribution in [2.45, 2.75) is 37.3 Å². The molecule has 2 N–H and O–H groups in total. The number of carbonyl (C=O) groups is 2. The van der Waals surface area contributed by atoms with Crippen molar-refractivity contribution in [3.8, 4) is 28.3 Å². The number of amides is 2. The number of methoxy groups -OCH3 is 1. The van der Waals surface area contributed by atoms with E-state index in [9.17, 15) is 19.2 Å². The standard InChI is InChI=1S/C34H30Cl2F2N6O5/c1-42-13-18(32(47)43(2)33(42)48)30(46)39-21-8-7-20(38)27(29(21)36)26-19(37)6-5-17(28(26)35)22-12-16-4-9-23(25(16)31(40-22)49-3)44-14-34(15-44)11-10-24(45)41-34/h5-8,12-13,23H,4,9-11,14-15H2,1-3H3,(H,39,46)(H,41,45). The quantitative estimate of drug-likeness (QED) is 0.299. The van der Waals surface area contributed by atoms with E-state index in [1.807, 2.05) is 6.07 Å². The molecular weight excluding hydrogens is 681 g/mol. The van der Waals surface area contributed by atoms with Gasteiger partial charge >= 0.3 is 5.69 Å². The zero-order chi connectivity index (χ0) is 34.9. The number of hydrogen-bond acceptors (Lipinski definition) is 7. The Morgan fingerprint density at radius 3 is 2.41 bits per heavy atom. The summed E-state index contributed by atoms with van der Waals surface area (Å²) in [5.41, 5.74) is -0.255. The Bertz CT molecular complexity index is 2210. The van der Waals surface area contributed by atoms with E-state index in [1.165, 1.54) is 33.3 Å². The van der Waals surface area contributed by atoms with Crippen LogP contribution in [0.3, 0.4) is 0 Å². The van der Waals surface area contributed by atoms with Crippen LogP contribution >= 0.6 is 23.2 Å². The molecule has 7 rings (SSSR count). The van der Waals surface area contributed by atoms with Crippen molar-refractivity contribution in [3.05, 3.63) is 95.7 Å². The minimum Gasteiger partial charge on any atom is -0.481 e. The van der Waals surface area contributed by atoms with Crippen molar-refractivity contribution in [1.82, 2.24) is 24.3 Å². The first kappa shape index (κ1) is 32.9. The number of fused-ring (bicyclic) bond motifs is 1. The third-order valence-electron chi connectivity index (χ3n) is 9.66. The van der Waals surface area contributed by atoms with Crippen LogP contribution in [0.25, 0.3) is 22.4 Å². The van der Waals surface area contributed by atoms with Crippen LogP contribution in [0, 0.1) is 11.6 Å². The molecule has 3 aliphatic rings. The summed E-state index contributed by atoms with van der Waals surface area (Å²) >= 11 is 13.4. The van der Waals surface area contributed by atoms with Crippen LogP contribution in [0.1, 0.15) is 46.8 Å². The number of benzene rings is 2. The average Bonchev–Trinajstić information content (AvgIpc) is 3.67. The number of ether oxygens (including phenoxy) is 1. The Kier molecular flexibility index (Phi) is 8.12. The van der Waals surface area contributed by atoms with Gasteiger partial charge in [-0.1, -0.05) is 23.2 Å². The van der Waals surface area contributed by atoms with Gasteiger partial charge in [-0.25, -0.2) is 18.6 Å². The molecule has 49 heavy (non-hydrogen) atoms. The monoisotopic (exact) mass is 710 g/mol. The van der Waals surface area contributed by atoms with Gasteiger partial charge in [-0.05, 0) is 55.2 Å². The molecule has 11 nitrogen and oxygen atoms in total. The molecular formula is C34H30Cl2F2N6O5. The fraction of sp³-hybridized carbons (Fsp3) is 0.324. The number of carbonyl (C=O) groups excluding carboxylic acids is 2. The predicted molar refractivity (Wildman–Crippen MR) is 179 cm³/mol. The first-order valence-corrected chi connectivity index (χ1v) is 16.3. The third kappa shape index (κ3) is 5.40. The zero-order valence-electron chi connectivity index (χ0n) is 26.6. The predicted octanol–water partition coefficient (Wildman–Crippen LogP) is 4.61. The van der Waals surface area contributed by atoms with Crippen molar-refractivity contribution < 1.29 is 23.1 Å². The lowest BCUT2D eigenvalue weighted by atomic mass is 9.86. The number of aromatic nitrogens is 3. The molecule has 1 atom stereocenters. The number of likely N-dealkylation sites (tertiary alicyclic amines) is 1. The van der Waals surface area contributed by atoms with Gasteiger partial charge in [0, 0.05) is 68.1 Å². The molecule has 1 aliphatic carbocycles. The van der Waals surface area contributed by atoms with Gasteiger partial charge in [0.15, 0.2) is 0 Å². The number of nitrogens with one attached hydrogen (secondary N) is 2. The van der Waals surface area contributed by atoms with E-state index in [1.54, 1.807) is 0 Å². The van der Waals surface area contributed by atoms with Gasteiger partial charge in [0.25, 0.3) is 11.5 Å². The number of hydrogen-bond donors (Lipinski definition) is 2. The molecule has 2 amide bonds. The second-order valence-electron chi connectivity index (χ2n) is 12.7. The van der Waals surface area contributed by atoms with Gasteiger partial charge in [0.05, 0.1) is 34.1 Å². The molecule has 2 aromatic heterocycles. The van der Waals surface area contributed by atoms with Gasteiger partial charge in [0.1, 0.15) is 17.2 Å². The van der Waals surface area contributed by atoms with Crippen molar-refractivity contribution >= 4 is 40.7 Å². The molecule has 2 saturated heterocycles. The maximum atomic E-state index is 15.6. The third-order valence-corrected chi connectivity index (χ3v) is 10.4. The summed E-state index contributed by atoms with van der Waals surface area (Å²) in [5, 5.41) is 5.05. The molecule has 1 unspecified atom stereocenters. The van der Waals surface area contributed by atoms with Crippen molar-refractivity contribution in [1.29, 1.82) is 0 Å². The van der Waals surface area contributed by atoms with Gasteiger partial charge in [0.2, 0.25) is 11.8 Å². The summed E-state index contributed by atoms with van der Waals surface area (Å²) < 4.78 is 38.7. The fourth-order valence-corrected chi connectivity index (χ4v) is 7.85. The molecule has 15 heteroatoms. The molecule has 2 aliphatic heterocycles. The minimum atomic E-state index is -0.912. The molecule has 0 saturated carbocycles. The summed E-state index contributed by atoms with van der Waals surface area (Å²) in [7, 11) is 4.13. The summed E-state index contributed by atoms with van der Waals surface area (Å²) in [6.45, 7) is 1.49. The van der Waals surface area contributed by atoms with Crippen LogP contribution in [-0.2, 0) is 25.3 Å². The van der Waals surface area contributed by atoms with E-state index in [2.05, 4.69) is 15.5 Å². The number of nitrogens with zero attached hydrogens (tertiary/aromatic N) is 4. The molecule has 254 valence electrons. The molecule has 0 radical (unpaired) electrons. The molecule has 1 spiro atoms. The Morgan fingerprint density at radius 1 is 1.04 bits per heavy atom. The van der Waals surface area contributed by atoms with Crippen molar-refractivity contribution in [2.24, 2.45) is 14.1 Å². The molecule has 4 aromatic rings. The van der Waals surface area contributed by atoms with E-state index in [0.29, 0.717) is 23.6 Å². The first-order chi connectivity index (χ1) is 23.3. The second kappa shape index (κ2) is 12.1. The summed E-state index contributed by atoms with van der Waals surface area (Å²) in [4.78, 5) is 56.7. The number of anilines is 1. The Morgan fingerprint density at radius 2 is 1.73 bits per heavy atom. The maximum absolute atomic E-state index is 15.6. The Labute approximate surface area is 288 Å². The lowest BCUT2D eigenvalue weighted by Gasteiger charge is -2.50. The SMILES string of the molecule is COc1nc(-c2ccc(F)c(-c3c(F)ccc(NC(=O)c4cn(C)c(=O)n(C)c4=O)c3Cl)c2Cl)cc2c1C(N1CC3(CCC(=O)N3)C1)CC2. The average molecular weight is 712 g/mol. The lowest BCUT2D eigenvalue weighted by Crippen LogP contribution is -2.67. The van der Waals surface area contributed by atoms with Crippen LogP contribution in [0.15, 0.2) is 46.1 Å². The van der Waals surface area contributed by atoms with Crippen LogP contribution in [0.5, 0.6) is 5.88 Å². The number of halogens is 4. The topological polar surface area (TPSA) is 128 Å². The highest BCUT2D eigenvalue weighted by Gasteiger charge is 2.51. The van der Waals surface area contributed by atoms with E-state index in [4.69, 9.17) is 32.9 Å². The van der Waals surface area contributed by atoms with Gasteiger partial charge in [-0.2, -0.15) is 0 Å². The van der Waals surface area contributed by atoms with E-state index in [0.717, 1.165) is 70.9 Å². The van der Waals surface area contributed by atoms with E-state index >= 15 is 8.78 Å². The van der Waals surface area contributed by atoms with Crippen LogP contribution in [0.2, 0.25) is 10.0 Å². The van der Waals surface area contributed by atoms with Crippen LogP contribution in [0.4, 0.5) is 14.5 Å². The Hall–Kier alpha value is -4.59.